The summed E-state index contributed by atoms with van der Waals surface area (Å²) in [6.45, 7) is 5.22. The Morgan fingerprint density at radius 1 is 1.60 bits per heavy atom. The molecule has 0 bridgehead atoms. The van der Waals surface area contributed by atoms with Gasteiger partial charge in [0.15, 0.2) is 4.67 Å². The molecule has 1 N–H and O–H groups in total. The fourth-order valence-corrected chi connectivity index (χ4v) is 2.39. The fourth-order valence-electron chi connectivity index (χ4n) is 2.05. The highest BCUT2D eigenvalue weighted by Crippen LogP contribution is 2.30. The first-order chi connectivity index (χ1) is 7.11. The Kier molecular flexibility index (Phi) is 3.19. The molecule has 2 heterocycles. The summed E-state index contributed by atoms with van der Waals surface area (Å²) in [6, 6.07) is 3.90. The Morgan fingerprint density at radius 3 is 2.93 bits per heavy atom. The monoisotopic (exact) mass is 273 g/mol. The van der Waals surface area contributed by atoms with Gasteiger partial charge in [0, 0.05) is 18.6 Å². The number of likely N-dealkylation sites (tertiary alicyclic amines) is 1. The van der Waals surface area contributed by atoms with E-state index < -0.39 is 0 Å². The SMILES string of the molecule is CC1(CO)CCN(Cc2ccc(Br)o2)C1. The van der Waals surface area contributed by atoms with Crippen molar-refractivity contribution in [3.63, 3.8) is 0 Å². The standard InChI is InChI=1S/C11H16BrNO2/c1-11(8-14)4-5-13(7-11)6-9-2-3-10(12)15-9/h2-3,14H,4-8H2,1H3. The molecule has 1 aromatic rings. The van der Waals surface area contributed by atoms with Crippen LogP contribution in [0.25, 0.3) is 0 Å². The first-order valence-corrected chi connectivity index (χ1v) is 5.98. The lowest BCUT2D eigenvalue weighted by Gasteiger charge is -2.21. The number of aliphatic hydroxyl groups excluding tert-OH is 1. The van der Waals surface area contributed by atoms with Gasteiger partial charge >= 0.3 is 0 Å². The van der Waals surface area contributed by atoms with Crippen molar-refractivity contribution in [3.05, 3.63) is 22.6 Å². The van der Waals surface area contributed by atoms with Crippen LogP contribution in [0.1, 0.15) is 19.1 Å². The minimum atomic E-state index is 0.0732. The molecule has 1 aromatic heterocycles. The lowest BCUT2D eigenvalue weighted by atomic mass is 9.91. The normalized spacial score (nSPS) is 27.4. The zero-order valence-corrected chi connectivity index (χ0v) is 10.5. The van der Waals surface area contributed by atoms with Crippen LogP contribution in [0.15, 0.2) is 21.2 Å². The summed E-state index contributed by atoms with van der Waals surface area (Å²) in [5.74, 6) is 0.976. The van der Waals surface area contributed by atoms with E-state index in [0.29, 0.717) is 0 Å². The third-order valence-electron chi connectivity index (χ3n) is 3.03. The lowest BCUT2D eigenvalue weighted by molar-refractivity contribution is 0.142. The van der Waals surface area contributed by atoms with Gasteiger partial charge in [-0.05, 0) is 41.0 Å². The number of aliphatic hydroxyl groups is 1. The quantitative estimate of drug-likeness (QED) is 0.918. The highest BCUT2D eigenvalue weighted by molar-refractivity contribution is 9.10. The van der Waals surface area contributed by atoms with Crippen molar-refractivity contribution < 1.29 is 9.52 Å². The summed E-state index contributed by atoms with van der Waals surface area (Å²) in [5, 5.41) is 9.26. The van der Waals surface area contributed by atoms with Gasteiger partial charge in [0.05, 0.1) is 6.54 Å². The van der Waals surface area contributed by atoms with E-state index in [2.05, 4.69) is 27.8 Å². The second-order valence-corrected chi connectivity index (χ2v) is 5.42. The van der Waals surface area contributed by atoms with Crippen LogP contribution in [0, 0.1) is 5.41 Å². The molecule has 1 fully saturated rings. The zero-order valence-electron chi connectivity index (χ0n) is 8.87. The molecule has 2 rings (SSSR count). The Labute approximate surface area is 98.2 Å². The van der Waals surface area contributed by atoms with E-state index in [1.807, 2.05) is 12.1 Å². The van der Waals surface area contributed by atoms with Crippen LogP contribution in [-0.4, -0.2) is 29.7 Å². The molecule has 0 saturated carbocycles. The topological polar surface area (TPSA) is 36.6 Å². The number of halogens is 1. The first-order valence-electron chi connectivity index (χ1n) is 5.19. The van der Waals surface area contributed by atoms with Gasteiger partial charge in [-0.3, -0.25) is 4.90 Å². The van der Waals surface area contributed by atoms with Crippen molar-refractivity contribution in [2.24, 2.45) is 5.41 Å². The summed E-state index contributed by atoms with van der Waals surface area (Å²) >= 11 is 3.29. The molecule has 4 heteroatoms. The summed E-state index contributed by atoms with van der Waals surface area (Å²) in [4.78, 5) is 2.32. The van der Waals surface area contributed by atoms with Gasteiger partial charge in [-0.15, -0.1) is 0 Å². The van der Waals surface area contributed by atoms with E-state index in [1.54, 1.807) is 0 Å². The summed E-state index contributed by atoms with van der Waals surface area (Å²) in [5.41, 5.74) is 0.0732. The van der Waals surface area contributed by atoms with Crippen molar-refractivity contribution in [1.29, 1.82) is 0 Å². The Hall–Kier alpha value is -0.320. The van der Waals surface area contributed by atoms with Crippen molar-refractivity contribution in [2.45, 2.75) is 19.9 Å². The first kappa shape index (κ1) is 11.2. The number of nitrogens with zero attached hydrogens (tertiary/aromatic N) is 1. The Balaban J connectivity index is 1.92. The van der Waals surface area contributed by atoms with Crippen LogP contribution in [0.3, 0.4) is 0 Å². The average Bonchev–Trinajstić information content (AvgIpc) is 2.76. The minimum absolute atomic E-state index is 0.0732. The van der Waals surface area contributed by atoms with E-state index in [4.69, 9.17) is 4.42 Å². The third-order valence-corrected chi connectivity index (χ3v) is 3.45. The number of rotatable bonds is 3. The molecule has 84 valence electrons. The molecule has 0 spiro atoms. The molecule has 1 unspecified atom stereocenters. The maximum atomic E-state index is 9.26. The van der Waals surface area contributed by atoms with Crippen molar-refractivity contribution in [2.75, 3.05) is 19.7 Å². The number of furan rings is 1. The van der Waals surface area contributed by atoms with Crippen LogP contribution in [0.4, 0.5) is 0 Å². The van der Waals surface area contributed by atoms with Crippen LogP contribution in [0.2, 0.25) is 0 Å². The Bertz CT molecular complexity index is 339. The van der Waals surface area contributed by atoms with Crippen LogP contribution in [0.5, 0.6) is 0 Å². The van der Waals surface area contributed by atoms with E-state index in [0.717, 1.165) is 36.5 Å². The molecular weight excluding hydrogens is 258 g/mol. The van der Waals surface area contributed by atoms with Crippen LogP contribution in [-0.2, 0) is 6.54 Å². The molecule has 0 radical (unpaired) electrons. The predicted octanol–water partition coefficient (Wildman–Crippen LogP) is 2.25. The molecule has 0 amide bonds. The number of hydrogen-bond donors (Lipinski definition) is 1. The van der Waals surface area contributed by atoms with E-state index in [1.165, 1.54) is 0 Å². The third kappa shape index (κ3) is 2.62. The van der Waals surface area contributed by atoms with Crippen molar-refractivity contribution >= 4 is 15.9 Å². The summed E-state index contributed by atoms with van der Waals surface area (Å²) < 4.78 is 6.24. The van der Waals surface area contributed by atoms with Gasteiger partial charge in [-0.1, -0.05) is 6.92 Å². The predicted molar refractivity (Wildman–Crippen MR) is 61.5 cm³/mol. The molecule has 1 aliphatic rings. The van der Waals surface area contributed by atoms with Gasteiger partial charge in [-0.25, -0.2) is 0 Å². The lowest BCUT2D eigenvalue weighted by Crippen LogP contribution is -2.27. The highest BCUT2D eigenvalue weighted by Gasteiger charge is 2.33. The van der Waals surface area contributed by atoms with E-state index in [-0.39, 0.29) is 12.0 Å². The second-order valence-electron chi connectivity index (χ2n) is 4.64. The maximum Gasteiger partial charge on any atom is 0.169 e. The molecule has 1 atom stereocenters. The second kappa shape index (κ2) is 4.28. The fraction of sp³-hybridized carbons (Fsp3) is 0.636. The van der Waals surface area contributed by atoms with Crippen LogP contribution >= 0.6 is 15.9 Å². The van der Waals surface area contributed by atoms with Crippen LogP contribution < -0.4 is 0 Å². The van der Waals surface area contributed by atoms with E-state index in [9.17, 15) is 5.11 Å². The molecule has 0 aliphatic carbocycles. The number of hydrogen-bond acceptors (Lipinski definition) is 3. The largest absolute Gasteiger partial charge is 0.453 e. The van der Waals surface area contributed by atoms with Gasteiger partial charge in [0.2, 0.25) is 0 Å². The minimum Gasteiger partial charge on any atom is -0.453 e. The molecule has 1 saturated heterocycles. The van der Waals surface area contributed by atoms with Gasteiger partial charge < -0.3 is 9.52 Å². The van der Waals surface area contributed by atoms with Gasteiger partial charge in [0.1, 0.15) is 5.76 Å². The zero-order chi connectivity index (χ0) is 10.9. The highest BCUT2D eigenvalue weighted by atomic mass is 79.9. The maximum absolute atomic E-state index is 9.26. The summed E-state index contributed by atoms with van der Waals surface area (Å²) in [7, 11) is 0. The average molecular weight is 274 g/mol. The van der Waals surface area contributed by atoms with Crippen molar-refractivity contribution in [3.8, 4) is 0 Å². The molecular formula is C11H16BrNO2. The Morgan fingerprint density at radius 2 is 2.40 bits per heavy atom. The smallest absolute Gasteiger partial charge is 0.169 e. The van der Waals surface area contributed by atoms with Crippen molar-refractivity contribution in [1.82, 2.24) is 4.90 Å². The molecule has 3 nitrogen and oxygen atoms in total. The molecule has 0 aromatic carbocycles. The van der Waals surface area contributed by atoms with Gasteiger partial charge in [-0.2, -0.15) is 0 Å². The molecule has 1 aliphatic heterocycles. The molecule has 15 heavy (non-hydrogen) atoms. The summed E-state index contributed by atoms with van der Waals surface area (Å²) in [6.07, 6.45) is 1.06. The van der Waals surface area contributed by atoms with Gasteiger partial charge in [0.25, 0.3) is 0 Å². The van der Waals surface area contributed by atoms with E-state index >= 15 is 0 Å².